The number of aldehydes is 1. The molecule has 1 heterocycles. The van der Waals surface area contributed by atoms with Gasteiger partial charge in [0.05, 0.1) is 4.47 Å². The third kappa shape index (κ3) is 1.22. The van der Waals surface area contributed by atoms with Crippen LogP contribution in [-0.2, 0) is 0 Å². The third-order valence-corrected chi connectivity index (χ3v) is 2.94. The van der Waals surface area contributed by atoms with Crippen LogP contribution in [0.4, 0.5) is 0 Å². The number of hydrogen-bond donors (Lipinski definition) is 0. The third-order valence-electron chi connectivity index (χ3n) is 2.32. The highest BCUT2D eigenvalue weighted by atomic mass is 79.9. The number of carbonyl (C=O) groups is 1. The Hall–Kier alpha value is -0.570. The average molecular weight is 229 g/mol. The van der Waals surface area contributed by atoms with Gasteiger partial charge in [-0.2, -0.15) is 0 Å². The average Bonchev–Trinajstić information content (AvgIpc) is 2.29. The van der Waals surface area contributed by atoms with Crippen LogP contribution in [0.1, 0.15) is 41.5 Å². The zero-order valence-corrected chi connectivity index (χ0v) is 8.13. The molecule has 0 bridgehead atoms. The molecule has 1 aromatic rings. The maximum Gasteiger partial charge on any atom is 0.185 e. The van der Waals surface area contributed by atoms with Gasteiger partial charge in [0.2, 0.25) is 0 Å². The van der Waals surface area contributed by atoms with Crippen molar-refractivity contribution in [3.05, 3.63) is 22.1 Å². The molecule has 0 aliphatic heterocycles. The van der Waals surface area contributed by atoms with Crippen molar-refractivity contribution < 1.29 is 9.21 Å². The Kier molecular flexibility index (Phi) is 2.05. The Morgan fingerprint density at radius 2 is 2.33 bits per heavy atom. The van der Waals surface area contributed by atoms with E-state index in [2.05, 4.69) is 15.9 Å². The lowest BCUT2D eigenvalue weighted by atomic mass is 9.84. The smallest absolute Gasteiger partial charge is 0.185 e. The van der Waals surface area contributed by atoms with Gasteiger partial charge in [-0.1, -0.05) is 6.42 Å². The second kappa shape index (κ2) is 3.05. The number of furan rings is 1. The second-order valence-electron chi connectivity index (χ2n) is 3.11. The monoisotopic (exact) mass is 228 g/mol. The van der Waals surface area contributed by atoms with Crippen molar-refractivity contribution in [2.24, 2.45) is 0 Å². The Morgan fingerprint density at radius 1 is 1.58 bits per heavy atom. The van der Waals surface area contributed by atoms with Crippen molar-refractivity contribution in [1.29, 1.82) is 0 Å². The summed E-state index contributed by atoms with van der Waals surface area (Å²) in [7, 11) is 0. The highest BCUT2D eigenvalue weighted by molar-refractivity contribution is 9.10. The molecular weight excluding hydrogens is 220 g/mol. The predicted molar refractivity (Wildman–Crippen MR) is 48.4 cm³/mol. The molecule has 1 fully saturated rings. The van der Waals surface area contributed by atoms with Crippen molar-refractivity contribution in [1.82, 2.24) is 0 Å². The molecule has 2 nitrogen and oxygen atoms in total. The van der Waals surface area contributed by atoms with E-state index in [-0.39, 0.29) is 0 Å². The summed E-state index contributed by atoms with van der Waals surface area (Å²) < 4.78 is 6.29. The maximum atomic E-state index is 10.4. The Balaban J connectivity index is 2.29. The van der Waals surface area contributed by atoms with Crippen molar-refractivity contribution in [2.45, 2.75) is 25.2 Å². The van der Waals surface area contributed by atoms with E-state index in [4.69, 9.17) is 4.42 Å². The summed E-state index contributed by atoms with van der Waals surface area (Å²) >= 11 is 3.38. The normalized spacial score (nSPS) is 17.4. The molecule has 0 saturated heterocycles. The molecule has 0 N–H and O–H groups in total. The molecule has 3 heteroatoms. The molecule has 2 rings (SSSR count). The molecule has 0 atom stereocenters. The second-order valence-corrected chi connectivity index (χ2v) is 3.96. The van der Waals surface area contributed by atoms with E-state index in [9.17, 15) is 4.79 Å². The summed E-state index contributed by atoms with van der Waals surface area (Å²) in [5.74, 6) is 1.90. The van der Waals surface area contributed by atoms with Crippen LogP contribution in [0.2, 0.25) is 0 Å². The molecule has 1 saturated carbocycles. The van der Waals surface area contributed by atoms with E-state index < -0.39 is 0 Å². The van der Waals surface area contributed by atoms with E-state index in [1.807, 2.05) is 0 Å². The molecule has 0 amide bonds. The summed E-state index contributed by atoms with van der Waals surface area (Å²) in [6.45, 7) is 0. The van der Waals surface area contributed by atoms with Crippen LogP contribution in [0.15, 0.2) is 15.0 Å². The van der Waals surface area contributed by atoms with Gasteiger partial charge in [0.15, 0.2) is 12.0 Å². The quantitative estimate of drug-likeness (QED) is 0.729. The van der Waals surface area contributed by atoms with Crippen LogP contribution >= 0.6 is 15.9 Å². The summed E-state index contributed by atoms with van der Waals surface area (Å²) in [6.07, 6.45) is 4.38. The molecule has 0 unspecified atom stereocenters. The van der Waals surface area contributed by atoms with Gasteiger partial charge < -0.3 is 4.42 Å². The molecule has 12 heavy (non-hydrogen) atoms. The first-order valence-electron chi connectivity index (χ1n) is 4.05. The van der Waals surface area contributed by atoms with E-state index in [1.54, 1.807) is 6.07 Å². The fourth-order valence-electron chi connectivity index (χ4n) is 1.41. The molecular formula is C9H9BrO2. The van der Waals surface area contributed by atoms with Gasteiger partial charge in [-0.25, -0.2) is 0 Å². The van der Waals surface area contributed by atoms with E-state index in [0.29, 0.717) is 11.7 Å². The SMILES string of the molecule is O=Cc1cc(Br)c(C2CCC2)o1. The molecule has 1 aromatic heterocycles. The largest absolute Gasteiger partial charge is 0.457 e. The van der Waals surface area contributed by atoms with Crippen LogP contribution < -0.4 is 0 Å². The lowest BCUT2D eigenvalue weighted by Crippen LogP contribution is -2.07. The summed E-state index contributed by atoms with van der Waals surface area (Å²) in [5.41, 5.74) is 0. The van der Waals surface area contributed by atoms with Crippen LogP contribution in [0.5, 0.6) is 0 Å². The first kappa shape index (κ1) is 8.05. The maximum absolute atomic E-state index is 10.4. The Morgan fingerprint density at radius 3 is 2.75 bits per heavy atom. The zero-order chi connectivity index (χ0) is 8.55. The molecule has 64 valence electrons. The minimum atomic E-state index is 0.420. The first-order valence-corrected chi connectivity index (χ1v) is 4.85. The van der Waals surface area contributed by atoms with Crippen LogP contribution in [-0.4, -0.2) is 6.29 Å². The number of rotatable bonds is 2. The van der Waals surface area contributed by atoms with Crippen molar-refractivity contribution in [2.75, 3.05) is 0 Å². The summed E-state index contributed by atoms with van der Waals surface area (Å²) in [5, 5.41) is 0. The predicted octanol–water partition coefficient (Wildman–Crippen LogP) is 3.12. The number of halogens is 1. The standard InChI is InChI=1S/C9H9BrO2/c10-8-4-7(5-11)12-9(8)6-2-1-3-6/h4-6H,1-3H2. The van der Waals surface area contributed by atoms with E-state index in [1.165, 1.54) is 19.3 Å². The van der Waals surface area contributed by atoms with Gasteiger partial charge in [0.1, 0.15) is 5.76 Å². The van der Waals surface area contributed by atoms with E-state index in [0.717, 1.165) is 16.5 Å². The van der Waals surface area contributed by atoms with Gasteiger partial charge in [-0.15, -0.1) is 0 Å². The van der Waals surface area contributed by atoms with Gasteiger partial charge in [0, 0.05) is 12.0 Å². The molecule has 0 aromatic carbocycles. The minimum Gasteiger partial charge on any atom is -0.457 e. The van der Waals surface area contributed by atoms with Crippen molar-refractivity contribution in [3.8, 4) is 0 Å². The van der Waals surface area contributed by atoms with Crippen LogP contribution in [0, 0.1) is 0 Å². The molecule has 0 spiro atoms. The van der Waals surface area contributed by atoms with E-state index >= 15 is 0 Å². The van der Waals surface area contributed by atoms with Gasteiger partial charge in [-0.05, 0) is 28.8 Å². The fourth-order valence-corrected chi connectivity index (χ4v) is 2.04. The van der Waals surface area contributed by atoms with Crippen molar-refractivity contribution >= 4 is 22.2 Å². The van der Waals surface area contributed by atoms with Crippen LogP contribution in [0.25, 0.3) is 0 Å². The van der Waals surface area contributed by atoms with Gasteiger partial charge >= 0.3 is 0 Å². The molecule has 1 aliphatic carbocycles. The lowest BCUT2D eigenvalue weighted by Gasteiger charge is -2.23. The van der Waals surface area contributed by atoms with Crippen LogP contribution in [0.3, 0.4) is 0 Å². The summed E-state index contributed by atoms with van der Waals surface area (Å²) in [4.78, 5) is 10.4. The Labute approximate surface area is 79.1 Å². The lowest BCUT2D eigenvalue weighted by molar-refractivity contribution is 0.109. The molecule has 0 radical (unpaired) electrons. The zero-order valence-electron chi connectivity index (χ0n) is 6.55. The van der Waals surface area contributed by atoms with Gasteiger partial charge in [0.25, 0.3) is 0 Å². The number of carbonyl (C=O) groups excluding carboxylic acids is 1. The minimum absolute atomic E-state index is 0.420. The highest BCUT2D eigenvalue weighted by Crippen LogP contribution is 2.40. The fraction of sp³-hybridized carbons (Fsp3) is 0.444. The highest BCUT2D eigenvalue weighted by Gasteiger charge is 2.25. The Bertz CT molecular complexity index is 299. The van der Waals surface area contributed by atoms with Gasteiger partial charge in [-0.3, -0.25) is 4.79 Å². The first-order chi connectivity index (χ1) is 5.81. The molecule has 1 aliphatic rings. The number of hydrogen-bond acceptors (Lipinski definition) is 2. The summed E-state index contributed by atoms with van der Waals surface area (Å²) in [6, 6.07) is 1.74. The van der Waals surface area contributed by atoms with Crippen molar-refractivity contribution in [3.63, 3.8) is 0 Å². The topological polar surface area (TPSA) is 30.2 Å².